The molecule has 76 valence electrons. The summed E-state index contributed by atoms with van der Waals surface area (Å²) < 4.78 is 11.1. The number of nitrogens with one attached hydrogen (secondary N) is 1. The minimum Gasteiger partial charge on any atom is -0.379 e. The lowest BCUT2D eigenvalue weighted by molar-refractivity contribution is -0.0322. The zero-order chi connectivity index (χ0) is 8.93. The van der Waals surface area contributed by atoms with Crippen molar-refractivity contribution in [2.24, 2.45) is 5.92 Å². The summed E-state index contributed by atoms with van der Waals surface area (Å²) in [5, 5.41) is 3.29. The molecule has 0 spiro atoms. The van der Waals surface area contributed by atoms with E-state index < -0.39 is 0 Å². The average Bonchev–Trinajstić information content (AvgIpc) is 2.98. The summed E-state index contributed by atoms with van der Waals surface area (Å²) in [4.78, 5) is 0. The molecular formula is C10H19NO2. The van der Waals surface area contributed by atoms with Gasteiger partial charge in [0.2, 0.25) is 0 Å². The van der Waals surface area contributed by atoms with E-state index in [9.17, 15) is 0 Å². The van der Waals surface area contributed by atoms with Crippen molar-refractivity contribution in [3.8, 4) is 0 Å². The highest BCUT2D eigenvalue weighted by Gasteiger charge is 2.20. The van der Waals surface area contributed by atoms with Gasteiger partial charge in [0.15, 0.2) is 0 Å². The molecule has 0 bridgehead atoms. The fourth-order valence-corrected chi connectivity index (χ4v) is 1.60. The maximum atomic E-state index is 5.56. The fourth-order valence-electron chi connectivity index (χ4n) is 1.60. The molecule has 1 saturated heterocycles. The van der Waals surface area contributed by atoms with Crippen molar-refractivity contribution in [2.75, 3.05) is 32.9 Å². The Bertz CT molecular complexity index is 142. The van der Waals surface area contributed by atoms with Gasteiger partial charge in [0.1, 0.15) is 0 Å². The predicted molar refractivity (Wildman–Crippen MR) is 50.8 cm³/mol. The average molecular weight is 185 g/mol. The van der Waals surface area contributed by atoms with Gasteiger partial charge in [-0.2, -0.15) is 0 Å². The monoisotopic (exact) mass is 185 g/mol. The number of morpholine rings is 1. The first-order valence-electron chi connectivity index (χ1n) is 5.35. The van der Waals surface area contributed by atoms with Crippen molar-refractivity contribution in [2.45, 2.75) is 25.4 Å². The van der Waals surface area contributed by atoms with Crippen molar-refractivity contribution in [3.63, 3.8) is 0 Å². The predicted octanol–water partition coefficient (Wildman–Crippen LogP) is 0.791. The third-order valence-electron chi connectivity index (χ3n) is 2.68. The third kappa shape index (κ3) is 3.63. The highest BCUT2D eigenvalue weighted by atomic mass is 16.5. The normalized spacial score (nSPS) is 29.1. The van der Waals surface area contributed by atoms with Gasteiger partial charge in [-0.1, -0.05) is 12.8 Å². The number of rotatable bonds is 5. The maximum Gasteiger partial charge on any atom is 0.0933 e. The molecule has 0 aromatic heterocycles. The molecule has 1 atom stereocenters. The van der Waals surface area contributed by atoms with Crippen LogP contribution in [0.3, 0.4) is 0 Å². The molecule has 1 aliphatic carbocycles. The van der Waals surface area contributed by atoms with Crippen molar-refractivity contribution in [3.05, 3.63) is 0 Å². The first kappa shape index (κ1) is 9.44. The van der Waals surface area contributed by atoms with Gasteiger partial charge in [0.25, 0.3) is 0 Å². The first-order valence-corrected chi connectivity index (χ1v) is 5.35. The lowest BCUT2D eigenvalue weighted by Gasteiger charge is -2.23. The van der Waals surface area contributed by atoms with E-state index in [1.54, 1.807) is 0 Å². The van der Waals surface area contributed by atoms with Crippen LogP contribution >= 0.6 is 0 Å². The summed E-state index contributed by atoms with van der Waals surface area (Å²) in [7, 11) is 0. The second-order valence-corrected chi connectivity index (χ2v) is 4.00. The summed E-state index contributed by atoms with van der Waals surface area (Å²) >= 11 is 0. The van der Waals surface area contributed by atoms with E-state index >= 15 is 0 Å². The van der Waals surface area contributed by atoms with E-state index in [0.717, 1.165) is 38.8 Å². The molecule has 0 amide bonds. The second kappa shape index (κ2) is 4.94. The zero-order valence-corrected chi connectivity index (χ0v) is 8.13. The summed E-state index contributed by atoms with van der Waals surface area (Å²) in [6, 6.07) is 0. The summed E-state index contributed by atoms with van der Waals surface area (Å²) in [5.74, 6) is 0.977. The topological polar surface area (TPSA) is 30.5 Å². The Balaban J connectivity index is 1.46. The Labute approximate surface area is 79.8 Å². The van der Waals surface area contributed by atoms with E-state index in [2.05, 4.69) is 5.32 Å². The van der Waals surface area contributed by atoms with Gasteiger partial charge in [-0.15, -0.1) is 0 Å². The Hall–Kier alpha value is -0.120. The molecule has 0 radical (unpaired) electrons. The molecule has 2 aliphatic rings. The molecule has 13 heavy (non-hydrogen) atoms. The summed E-state index contributed by atoms with van der Waals surface area (Å²) in [5.41, 5.74) is 0. The molecule has 1 N–H and O–H groups in total. The minimum absolute atomic E-state index is 0.285. The van der Waals surface area contributed by atoms with Crippen LogP contribution in [0, 0.1) is 5.92 Å². The number of ether oxygens (including phenoxy) is 2. The van der Waals surface area contributed by atoms with Gasteiger partial charge in [-0.25, -0.2) is 0 Å². The summed E-state index contributed by atoms with van der Waals surface area (Å²) in [6.45, 7) is 4.45. The molecule has 0 aromatic rings. The van der Waals surface area contributed by atoms with Gasteiger partial charge in [0, 0.05) is 19.7 Å². The van der Waals surface area contributed by atoms with Crippen molar-refractivity contribution in [1.29, 1.82) is 0 Å². The molecule has 3 nitrogen and oxygen atoms in total. The van der Waals surface area contributed by atoms with Crippen molar-refractivity contribution >= 4 is 0 Å². The van der Waals surface area contributed by atoms with Crippen LogP contribution < -0.4 is 5.32 Å². The number of hydrogen-bond acceptors (Lipinski definition) is 3. The largest absolute Gasteiger partial charge is 0.379 e. The van der Waals surface area contributed by atoms with E-state index in [4.69, 9.17) is 9.47 Å². The van der Waals surface area contributed by atoms with Crippen LogP contribution in [0.5, 0.6) is 0 Å². The van der Waals surface area contributed by atoms with Crippen molar-refractivity contribution in [1.82, 2.24) is 5.32 Å². The Morgan fingerprint density at radius 2 is 2.31 bits per heavy atom. The molecule has 1 aliphatic heterocycles. The van der Waals surface area contributed by atoms with Gasteiger partial charge in [-0.05, 0) is 12.3 Å². The zero-order valence-electron chi connectivity index (χ0n) is 8.13. The van der Waals surface area contributed by atoms with Gasteiger partial charge in [0.05, 0.1) is 19.3 Å². The standard InChI is InChI=1S/C10H19NO2/c1-2-9(1)3-5-12-8-10-7-11-4-6-13-10/h9-11H,1-8H2. The Kier molecular flexibility index (Phi) is 3.58. The third-order valence-corrected chi connectivity index (χ3v) is 2.68. The molecule has 2 fully saturated rings. The molecule has 0 aromatic carbocycles. The maximum absolute atomic E-state index is 5.56. The van der Waals surface area contributed by atoms with E-state index in [1.807, 2.05) is 0 Å². The quantitative estimate of drug-likeness (QED) is 0.642. The molecule has 1 saturated carbocycles. The van der Waals surface area contributed by atoms with E-state index in [1.165, 1.54) is 19.3 Å². The fraction of sp³-hybridized carbons (Fsp3) is 1.00. The van der Waals surface area contributed by atoms with Gasteiger partial charge >= 0.3 is 0 Å². The van der Waals surface area contributed by atoms with E-state index in [0.29, 0.717) is 0 Å². The lowest BCUT2D eigenvalue weighted by Crippen LogP contribution is -2.41. The minimum atomic E-state index is 0.285. The van der Waals surface area contributed by atoms with Crippen LogP contribution in [0.15, 0.2) is 0 Å². The van der Waals surface area contributed by atoms with Crippen LogP contribution in [0.1, 0.15) is 19.3 Å². The Morgan fingerprint density at radius 1 is 1.38 bits per heavy atom. The van der Waals surface area contributed by atoms with Gasteiger partial charge < -0.3 is 14.8 Å². The van der Waals surface area contributed by atoms with Crippen LogP contribution in [0.25, 0.3) is 0 Å². The van der Waals surface area contributed by atoms with Crippen LogP contribution in [-0.2, 0) is 9.47 Å². The highest BCUT2D eigenvalue weighted by Crippen LogP contribution is 2.32. The summed E-state index contributed by atoms with van der Waals surface area (Å²) in [6.07, 6.45) is 4.38. The van der Waals surface area contributed by atoms with Crippen LogP contribution in [0.2, 0.25) is 0 Å². The Morgan fingerprint density at radius 3 is 3.00 bits per heavy atom. The molecule has 2 rings (SSSR count). The van der Waals surface area contributed by atoms with Crippen molar-refractivity contribution < 1.29 is 9.47 Å². The molecular weight excluding hydrogens is 166 g/mol. The van der Waals surface area contributed by atoms with E-state index in [-0.39, 0.29) is 6.10 Å². The molecule has 3 heteroatoms. The van der Waals surface area contributed by atoms with Crippen LogP contribution in [-0.4, -0.2) is 39.0 Å². The molecule has 1 heterocycles. The highest BCUT2D eigenvalue weighted by molar-refractivity contribution is 4.72. The lowest BCUT2D eigenvalue weighted by atomic mass is 10.3. The number of hydrogen-bond donors (Lipinski definition) is 1. The first-order chi connectivity index (χ1) is 6.45. The van der Waals surface area contributed by atoms with Crippen LogP contribution in [0.4, 0.5) is 0 Å². The SMILES string of the molecule is C1COC(COCCC2CC2)CN1. The molecule has 1 unspecified atom stereocenters. The second-order valence-electron chi connectivity index (χ2n) is 4.00. The van der Waals surface area contributed by atoms with Gasteiger partial charge in [-0.3, -0.25) is 0 Å². The smallest absolute Gasteiger partial charge is 0.0933 e.